The van der Waals surface area contributed by atoms with E-state index in [-0.39, 0.29) is 0 Å². The highest BCUT2D eigenvalue weighted by Crippen LogP contribution is 2.49. The van der Waals surface area contributed by atoms with Crippen LogP contribution in [0.15, 0.2) is 0 Å². The lowest BCUT2D eigenvalue weighted by molar-refractivity contribution is 0.221. The topological polar surface area (TPSA) is 67.1 Å². The summed E-state index contributed by atoms with van der Waals surface area (Å²) in [5.41, 5.74) is 9.31. The first-order chi connectivity index (χ1) is 13.3. The predicted octanol–water partition coefficient (Wildman–Crippen LogP) is 3.42. The van der Waals surface area contributed by atoms with Crippen molar-refractivity contribution < 1.29 is 0 Å². The Balaban J connectivity index is 1.37. The van der Waals surface area contributed by atoms with E-state index in [4.69, 9.17) is 15.7 Å². The molecule has 5 rings (SSSR count). The Morgan fingerprint density at radius 3 is 2.30 bits per heavy atom. The molecule has 3 fully saturated rings. The number of nitrogens with one attached hydrogen (secondary N) is 1. The minimum absolute atomic E-state index is 0.312. The molecule has 3 heterocycles. The lowest BCUT2D eigenvalue weighted by Crippen LogP contribution is -2.41. The fraction of sp³-hybridized carbons (Fsp3) is 0.818. The number of aromatic nitrogens is 2. The van der Waals surface area contributed by atoms with Crippen molar-refractivity contribution in [2.24, 2.45) is 11.8 Å². The van der Waals surface area contributed by atoms with Crippen molar-refractivity contribution in [3.63, 3.8) is 0 Å². The molecule has 27 heavy (non-hydrogen) atoms. The molecule has 148 valence electrons. The van der Waals surface area contributed by atoms with Gasteiger partial charge in [0.05, 0.1) is 5.69 Å². The van der Waals surface area contributed by atoms with Crippen LogP contribution in [-0.2, 0) is 11.8 Å². The van der Waals surface area contributed by atoms with Crippen LogP contribution in [0.5, 0.6) is 0 Å². The normalized spacial score (nSPS) is 26.4. The van der Waals surface area contributed by atoms with Gasteiger partial charge in [-0.3, -0.25) is 0 Å². The number of nitrogens with zero attached hydrogens (tertiary/aromatic N) is 3. The molecule has 1 saturated carbocycles. The van der Waals surface area contributed by atoms with Crippen molar-refractivity contribution in [2.75, 3.05) is 36.8 Å². The van der Waals surface area contributed by atoms with Gasteiger partial charge in [0.2, 0.25) is 5.95 Å². The Hall–Kier alpha value is -1.36. The largest absolute Gasteiger partial charge is 0.368 e. The summed E-state index contributed by atoms with van der Waals surface area (Å²) in [6.07, 6.45) is 14.4. The van der Waals surface area contributed by atoms with Crippen LogP contribution in [0.3, 0.4) is 0 Å². The van der Waals surface area contributed by atoms with E-state index in [2.05, 4.69) is 10.2 Å². The summed E-state index contributed by atoms with van der Waals surface area (Å²) in [4.78, 5) is 12.2. The fourth-order valence-corrected chi connectivity index (χ4v) is 6.58. The highest BCUT2D eigenvalue weighted by atomic mass is 15.2. The lowest BCUT2D eigenvalue weighted by Gasteiger charge is -2.41. The number of hydrogen-bond acceptors (Lipinski definition) is 5. The molecule has 2 aliphatic heterocycles. The quantitative estimate of drug-likeness (QED) is 0.836. The van der Waals surface area contributed by atoms with Gasteiger partial charge in [0, 0.05) is 24.1 Å². The second kappa shape index (κ2) is 7.23. The molecule has 3 N–H and O–H groups in total. The molecule has 0 unspecified atom stereocenters. The molecular weight excluding hydrogens is 334 g/mol. The van der Waals surface area contributed by atoms with Crippen molar-refractivity contribution in [1.29, 1.82) is 0 Å². The summed E-state index contributed by atoms with van der Waals surface area (Å²) in [5, 5.41) is 3.51. The van der Waals surface area contributed by atoms with Crippen molar-refractivity contribution in [3.05, 3.63) is 11.3 Å². The van der Waals surface area contributed by atoms with E-state index in [1.54, 1.807) is 0 Å². The zero-order valence-electron chi connectivity index (χ0n) is 16.7. The van der Waals surface area contributed by atoms with E-state index in [0.29, 0.717) is 11.4 Å². The third-order valence-electron chi connectivity index (χ3n) is 8.04. The zero-order chi connectivity index (χ0) is 18.3. The molecule has 0 amide bonds. The van der Waals surface area contributed by atoms with Crippen LogP contribution >= 0.6 is 0 Å². The molecule has 1 aromatic heterocycles. The van der Waals surface area contributed by atoms with Gasteiger partial charge >= 0.3 is 0 Å². The summed E-state index contributed by atoms with van der Waals surface area (Å²) < 4.78 is 0. The van der Waals surface area contributed by atoms with Gasteiger partial charge in [0.15, 0.2) is 0 Å². The maximum absolute atomic E-state index is 6.23. The van der Waals surface area contributed by atoms with Crippen molar-refractivity contribution in [2.45, 2.75) is 76.0 Å². The third kappa shape index (κ3) is 3.22. The molecule has 0 radical (unpaired) electrons. The minimum atomic E-state index is 0.312. The van der Waals surface area contributed by atoms with E-state index >= 15 is 0 Å². The third-order valence-corrected chi connectivity index (χ3v) is 8.04. The average Bonchev–Trinajstić information content (AvgIpc) is 3.18. The standard InChI is InChI=1S/C22H35N5/c23-21-25-19-18(4-3-11-22(19)9-1-2-10-22)20(26-21)27-14-7-17(8-15-27)16-5-12-24-13-6-16/h16-17,24H,1-15H2,(H2,23,25,26). The second-order valence-electron chi connectivity index (χ2n) is 9.49. The fourth-order valence-electron chi connectivity index (χ4n) is 6.58. The summed E-state index contributed by atoms with van der Waals surface area (Å²) in [6.45, 7) is 4.71. The molecule has 0 atom stereocenters. The van der Waals surface area contributed by atoms with Gasteiger partial charge in [-0.25, -0.2) is 4.98 Å². The number of rotatable bonds is 2. The molecule has 2 saturated heterocycles. The van der Waals surface area contributed by atoms with Gasteiger partial charge in [-0.15, -0.1) is 0 Å². The van der Waals surface area contributed by atoms with Crippen molar-refractivity contribution >= 4 is 11.8 Å². The maximum Gasteiger partial charge on any atom is 0.222 e. The van der Waals surface area contributed by atoms with Gasteiger partial charge in [-0.1, -0.05) is 12.8 Å². The van der Waals surface area contributed by atoms with Crippen molar-refractivity contribution in [3.8, 4) is 0 Å². The first-order valence-electron chi connectivity index (χ1n) is 11.4. The second-order valence-corrected chi connectivity index (χ2v) is 9.49. The highest BCUT2D eigenvalue weighted by molar-refractivity contribution is 5.55. The Morgan fingerprint density at radius 1 is 0.889 bits per heavy atom. The number of anilines is 2. The number of hydrogen-bond donors (Lipinski definition) is 2. The van der Waals surface area contributed by atoms with Crippen molar-refractivity contribution in [1.82, 2.24) is 15.3 Å². The molecule has 5 heteroatoms. The predicted molar refractivity (Wildman–Crippen MR) is 110 cm³/mol. The summed E-state index contributed by atoms with van der Waals surface area (Å²) in [5.74, 6) is 3.52. The van der Waals surface area contributed by atoms with E-state index in [1.807, 2.05) is 0 Å². The molecule has 4 aliphatic rings. The molecular formula is C22H35N5. The Kier molecular flexibility index (Phi) is 4.75. The molecule has 0 aromatic carbocycles. The van der Waals surface area contributed by atoms with E-state index in [0.717, 1.165) is 31.3 Å². The highest BCUT2D eigenvalue weighted by Gasteiger charge is 2.42. The van der Waals surface area contributed by atoms with Gasteiger partial charge in [-0.2, -0.15) is 4.98 Å². The van der Waals surface area contributed by atoms with Crippen LogP contribution < -0.4 is 16.0 Å². The first-order valence-corrected chi connectivity index (χ1v) is 11.4. The molecule has 5 nitrogen and oxygen atoms in total. The van der Waals surface area contributed by atoms with Gasteiger partial charge < -0.3 is 16.0 Å². The number of nitrogen functional groups attached to an aromatic ring is 1. The summed E-state index contributed by atoms with van der Waals surface area (Å²) in [7, 11) is 0. The molecule has 1 spiro atoms. The van der Waals surface area contributed by atoms with E-state index in [9.17, 15) is 0 Å². The maximum atomic E-state index is 6.23. The SMILES string of the molecule is Nc1nc(N2CCC(C3CCNCC3)CC2)c2c(n1)C1(CCCC1)CCC2. The van der Waals surface area contributed by atoms with Crippen LogP contribution in [0.4, 0.5) is 11.8 Å². The molecule has 1 aromatic rings. The average molecular weight is 370 g/mol. The van der Waals surface area contributed by atoms with Crippen LogP contribution in [-0.4, -0.2) is 36.1 Å². The number of nitrogens with two attached hydrogens (primary N) is 1. The Morgan fingerprint density at radius 2 is 1.56 bits per heavy atom. The summed E-state index contributed by atoms with van der Waals surface area (Å²) in [6, 6.07) is 0. The lowest BCUT2D eigenvalue weighted by atomic mass is 9.71. The van der Waals surface area contributed by atoms with Gasteiger partial charge in [0.25, 0.3) is 0 Å². The number of fused-ring (bicyclic) bond motifs is 2. The van der Waals surface area contributed by atoms with Crippen LogP contribution in [0.1, 0.15) is 75.5 Å². The smallest absolute Gasteiger partial charge is 0.222 e. The first kappa shape index (κ1) is 17.7. The van der Waals surface area contributed by atoms with E-state index in [1.165, 1.54) is 94.4 Å². The number of piperidine rings is 2. The minimum Gasteiger partial charge on any atom is -0.368 e. The zero-order valence-corrected chi connectivity index (χ0v) is 16.7. The van der Waals surface area contributed by atoms with Crippen LogP contribution in [0.2, 0.25) is 0 Å². The Labute approximate surface area is 163 Å². The van der Waals surface area contributed by atoms with Crippen LogP contribution in [0.25, 0.3) is 0 Å². The van der Waals surface area contributed by atoms with Gasteiger partial charge in [-0.05, 0) is 82.7 Å². The van der Waals surface area contributed by atoms with Gasteiger partial charge in [0.1, 0.15) is 5.82 Å². The van der Waals surface area contributed by atoms with E-state index < -0.39 is 0 Å². The van der Waals surface area contributed by atoms with Crippen LogP contribution in [0, 0.1) is 11.8 Å². The molecule has 0 bridgehead atoms. The monoisotopic (exact) mass is 369 g/mol. The molecule has 2 aliphatic carbocycles. The Bertz CT molecular complexity index is 668. The summed E-state index contributed by atoms with van der Waals surface area (Å²) >= 11 is 0.